The monoisotopic (exact) mass is 549 g/mol. The molecule has 1 aromatic heterocycles. The van der Waals surface area contributed by atoms with E-state index in [1.165, 1.54) is 18.2 Å². The molecule has 5 nitrogen and oxygen atoms in total. The number of hydrogen-bond donors (Lipinski definition) is 0. The predicted octanol–water partition coefficient (Wildman–Crippen LogP) is 6.07. The SMILES string of the molecule is CS(=O)(=O)c1ccc(-c2ccc(F)c(C3CC(C(F)(F)C(F)(F)F)=NN3c3ccc(F)cc3F)c2)cn1. The summed E-state index contributed by atoms with van der Waals surface area (Å²) < 4.78 is 134. The fraction of sp³-hybridized carbons (Fsp3) is 0.217. The first kappa shape index (κ1) is 26.5. The van der Waals surface area contributed by atoms with Gasteiger partial charge < -0.3 is 0 Å². The van der Waals surface area contributed by atoms with Gasteiger partial charge in [0.1, 0.15) is 17.3 Å². The largest absolute Gasteiger partial charge is 0.459 e. The number of hydrogen-bond acceptors (Lipinski definition) is 5. The van der Waals surface area contributed by atoms with Crippen LogP contribution in [0.25, 0.3) is 11.1 Å². The molecule has 2 aromatic carbocycles. The van der Waals surface area contributed by atoms with Crippen LogP contribution in [0.2, 0.25) is 0 Å². The average Bonchev–Trinajstić information content (AvgIpc) is 3.24. The molecule has 0 spiro atoms. The second-order valence-electron chi connectivity index (χ2n) is 8.17. The standard InChI is InChI=1S/C23H15F8N3O2S/c1-37(35,36)21-7-3-13(11-32-21)12-2-5-16(25)15(8-12)19-10-20(22(27,28)23(29,30)31)33-34(19)18-6-4-14(24)9-17(18)26/h2-9,11,19H,10H2,1H3. The maximum absolute atomic E-state index is 14.9. The molecule has 0 fully saturated rings. The molecule has 2 heterocycles. The molecule has 196 valence electrons. The number of rotatable bonds is 5. The molecule has 0 radical (unpaired) electrons. The van der Waals surface area contributed by atoms with Crippen molar-refractivity contribution in [3.63, 3.8) is 0 Å². The molecule has 1 unspecified atom stereocenters. The molecule has 0 amide bonds. The lowest BCUT2D eigenvalue weighted by Gasteiger charge is -2.25. The third-order valence-electron chi connectivity index (χ3n) is 5.59. The maximum Gasteiger partial charge on any atom is 0.459 e. The third kappa shape index (κ3) is 5.02. The molecule has 14 heteroatoms. The number of anilines is 1. The lowest BCUT2D eigenvalue weighted by atomic mass is 9.95. The molecular formula is C23H15F8N3O2S. The fourth-order valence-corrected chi connectivity index (χ4v) is 4.30. The van der Waals surface area contributed by atoms with Crippen molar-refractivity contribution in [3.8, 4) is 11.1 Å². The Bertz CT molecular complexity index is 1490. The van der Waals surface area contributed by atoms with E-state index in [4.69, 9.17) is 0 Å². The minimum absolute atomic E-state index is 0.208. The van der Waals surface area contributed by atoms with Crippen molar-refractivity contribution in [2.45, 2.75) is 29.6 Å². The number of halogens is 8. The Kier molecular flexibility index (Phi) is 6.51. The molecule has 0 N–H and O–H groups in total. The number of sulfone groups is 1. The number of nitrogens with zero attached hydrogens (tertiary/aromatic N) is 3. The summed E-state index contributed by atoms with van der Waals surface area (Å²) in [7, 11) is -3.63. The van der Waals surface area contributed by atoms with Gasteiger partial charge in [-0.2, -0.15) is 27.1 Å². The van der Waals surface area contributed by atoms with Crippen LogP contribution in [-0.2, 0) is 9.84 Å². The van der Waals surface area contributed by atoms with Crippen LogP contribution in [0.4, 0.5) is 40.8 Å². The van der Waals surface area contributed by atoms with Crippen LogP contribution in [0.5, 0.6) is 0 Å². The van der Waals surface area contributed by atoms with E-state index in [2.05, 4.69) is 10.1 Å². The van der Waals surface area contributed by atoms with Gasteiger partial charge in [0.2, 0.25) is 0 Å². The smallest absolute Gasteiger partial charge is 0.254 e. The summed E-state index contributed by atoms with van der Waals surface area (Å²) >= 11 is 0. The van der Waals surface area contributed by atoms with Gasteiger partial charge in [0, 0.05) is 36.1 Å². The Balaban J connectivity index is 1.82. The van der Waals surface area contributed by atoms with Gasteiger partial charge in [-0.3, -0.25) is 5.01 Å². The van der Waals surface area contributed by atoms with Crippen molar-refractivity contribution >= 4 is 21.2 Å². The van der Waals surface area contributed by atoms with Crippen molar-refractivity contribution in [3.05, 3.63) is 77.7 Å². The van der Waals surface area contributed by atoms with Crippen LogP contribution < -0.4 is 5.01 Å². The zero-order valence-electron chi connectivity index (χ0n) is 18.6. The van der Waals surface area contributed by atoms with Gasteiger partial charge in [-0.1, -0.05) is 6.07 Å². The first-order valence-electron chi connectivity index (χ1n) is 10.3. The summed E-state index contributed by atoms with van der Waals surface area (Å²) in [5, 5.41) is 3.50. The van der Waals surface area contributed by atoms with E-state index in [9.17, 15) is 43.5 Å². The van der Waals surface area contributed by atoms with Crippen LogP contribution >= 0.6 is 0 Å². The number of hydrazone groups is 1. The normalized spacial score (nSPS) is 16.7. The molecule has 1 aliphatic heterocycles. The Labute approximate surface area is 205 Å². The molecule has 1 aliphatic rings. The highest BCUT2D eigenvalue weighted by Gasteiger charge is 2.63. The topological polar surface area (TPSA) is 62.6 Å². The molecule has 3 aromatic rings. The summed E-state index contributed by atoms with van der Waals surface area (Å²) in [6, 6.07) is 6.04. The minimum atomic E-state index is -6.03. The number of pyridine rings is 1. The second-order valence-corrected chi connectivity index (χ2v) is 10.1. The van der Waals surface area contributed by atoms with Gasteiger partial charge in [0.05, 0.1) is 11.7 Å². The van der Waals surface area contributed by atoms with E-state index in [1.807, 2.05) is 0 Å². The first-order chi connectivity index (χ1) is 17.1. The van der Waals surface area contributed by atoms with Gasteiger partial charge in [-0.15, -0.1) is 0 Å². The van der Waals surface area contributed by atoms with E-state index in [0.717, 1.165) is 36.7 Å². The van der Waals surface area contributed by atoms with Gasteiger partial charge >= 0.3 is 12.1 Å². The fourth-order valence-electron chi connectivity index (χ4n) is 3.74. The van der Waals surface area contributed by atoms with Crippen LogP contribution in [-0.4, -0.2) is 37.5 Å². The molecule has 0 bridgehead atoms. The number of benzene rings is 2. The highest BCUT2D eigenvalue weighted by Crippen LogP contribution is 2.46. The third-order valence-corrected chi connectivity index (χ3v) is 6.59. The lowest BCUT2D eigenvalue weighted by molar-refractivity contribution is -0.249. The van der Waals surface area contributed by atoms with Crippen LogP contribution in [0, 0.1) is 17.5 Å². The number of aromatic nitrogens is 1. The first-order valence-corrected chi connectivity index (χ1v) is 12.2. The van der Waals surface area contributed by atoms with Gasteiger partial charge in [0.15, 0.2) is 20.7 Å². The Morgan fingerprint density at radius 3 is 2.14 bits per heavy atom. The van der Waals surface area contributed by atoms with Gasteiger partial charge in [-0.25, -0.2) is 26.6 Å². The molecule has 0 saturated carbocycles. The van der Waals surface area contributed by atoms with E-state index in [0.29, 0.717) is 11.1 Å². The Morgan fingerprint density at radius 1 is 0.892 bits per heavy atom. The van der Waals surface area contributed by atoms with Crippen LogP contribution in [0.3, 0.4) is 0 Å². The molecule has 37 heavy (non-hydrogen) atoms. The van der Waals surface area contributed by atoms with E-state index in [1.54, 1.807) is 0 Å². The Hall–Kier alpha value is -3.55. The second kappa shape index (κ2) is 9.08. The van der Waals surface area contributed by atoms with Gasteiger partial charge in [0.25, 0.3) is 0 Å². The highest BCUT2D eigenvalue weighted by molar-refractivity contribution is 7.90. The average molecular weight is 549 g/mol. The van der Waals surface area contributed by atoms with Crippen LogP contribution in [0.15, 0.2) is 64.9 Å². The molecule has 1 atom stereocenters. The summed E-state index contributed by atoms with van der Waals surface area (Å²) in [5.74, 6) is -8.79. The van der Waals surface area contributed by atoms with E-state index in [-0.39, 0.29) is 16.2 Å². The van der Waals surface area contributed by atoms with Crippen molar-refractivity contribution < 1.29 is 43.5 Å². The van der Waals surface area contributed by atoms with Crippen molar-refractivity contribution in [1.29, 1.82) is 0 Å². The number of alkyl halides is 5. The van der Waals surface area contributed by atoms with Crippen molar-refractivity contribution in [2.75, 3.05) is 11.3 Å². The molecule has 0 aliphatic carbocycles. The highest BCUT2D eigenvalue weighted by atomic mass is 32.2. The predicted molar refractivity (Wildman–Crippen MR) is 117 cm³/mol. The van der Waals surface area contributed by atoms with E-state index >= 15 is 0 Å². The molecule has 4 rings (SSSR count). The van der Waals surface area contributed by atoms with Crippen molar-refractivity contribution in [2.24, 2.45) is 5.10 Å². The summed E-state index contributed by atoms with van der Waals surface area (Å²) in [6.45, 7) is 0. The Morgan fingerprint density at radius 2 is 1.57 bits per heavy atom. The summed E-state index contributed by atoms with van der Waals surface area (Å²) in [6.07, 6.45) is -5.07. The quantitative estimate of drug-likeness (QED) is 0.363. The zero-order valence-corrected chi connectivity index (χ0v) is 19.4. The molecular weight excluding hydrogens is 534 g/mol. The van der Waals surface area contributed by atoms with Gasteiger partial charge in [-0.05, 0) is 42.0 Å². The van der Waals surface area contributed by atoms with E-state index < -0.39 is 68.8 Å². The minimum Gasteiger partial charge on any atom is -0.254 e. The maximum atomic E-state index is 14.9. The van der Waals surface area contributed by atoms with Crippen molar-refractivity contribution in [1.82, 2.24) is 4.98 Å². The van der Waals surface area contributed by atoms with Crippen LogP contribution in [0.1, 0.15) is 18.0 Å². The molecule has 0 saturated heterocycles. The lowest BCUT2D eigenvalue weighted by Crippen LogP contribution is -2.43. The summed E-state index contributed by atoms with van der Waals surface area (Å²) in [5.41, 5.74) is -2.27. The zero-order chi connectivity index (χ0) is 27.3. The summed E-state index contributed by atoms with van der Waals surface area (Å²) in [4.78, 5) is 3.81.